The molecule has 2 aromatic rings. The van der Waals surface area contributed by atoms with Crippen LogP contribution >= 0.6 is 11.6 Å². The zero-order valence-electron chi connectivity index (χ0n) is 9.16. The molecule has 2 rings (SSSR count). The number of benzene rings is 1. The van der Waals surface area contributed by atoms with Crippen molar-refractivity contribution in [3.63, 3.8) is 0 Å². The van der Waals surface area contributed by atoms with E-state index in [1.165, 1.54) is 6.07 Å². The van der Waals surface area contributed by atoms with Crippen molar-refractivity contribution in [1.29, 1.82) is 0 Å². The number of hydrogen-bond acceptors (Lipinski definition) is 2. The van der Waals surface area contributed by atoms with Crippen LogP contribution in [0, 0.1) is 5.82 Å². The summed E-state index contributed by atoms with van der Waals surface area (Å²) in [5, 5.41) is 3.26. The van der Waals surface area contributed by atoms with E-state index in [2.05, 4.69) is 10.3 Å². The number of hydrogen-bond donors (Lipinski definition) is 1. The highest BCUT2D eigenvalue weighted by atomic mass is 35.5. The Hall–Kier alpha value is -1.61. The number of halogens is 2. The predicted octanol–water partition coefficient (Wildman–Crippen LogP) is 3.53. The third kappa shape index (κ3) is 3.43. The van der Waals surface area contributed by atoms with Crippen molar-refractivity contribution in [1.82, 2.24) is 4.98 Å². The van der Waals surface area contributed by atoms with Gasteiger partial charge in [0, 0.05) is 30.5 Å². The summed E-state index contributed by atoms with van der Waals surface area (Å²) in [7, 11) is 0. The SMILES string of the molecule is Fc1cc(NCCc2ccccn2)ccc1Cl. The average Bonchev–Trinajstić information content (AvgIpc) is 2.35. The highest BCUT2D eigenvalue weighted by Crippen LogP contribution is 2.18. The fraction of sp³-hybridized carbons (Fsp3) is 0.154. The standard InChI is InChI=1S/C13H12ClFN2/c14-12-5-4-11(9-13(12)15)17-8-6-10-3-1-2-7-16-10/h1-5,7,9,17H,6,8H2. The number of nitrogens with zero attached hydrogens (tertiary/aromatic N) is 1. The summed E-state index contributed by atoms with van der Waals surface area (Å²) in [5.74, 6) is -0.408. The molecule has 1 aromatic heterocycles. The van der Waals surface area contributed by atoms with Crippen molar-refractivity contribution in [2.75, 3.05) is 11.9 Å². The first-order valence-electron chi connectivity index (χ1n) is 5.34. The Morgan fingerprint density at radius 1 is 1.24 bits per heavy atom. The minimum atomic E-state index is -0.408. The Bertz CT molecular complexity index is 488. The molecular weight excluding hydrogens is 239 g/mol. The normalized spacial score (nSPS) is 10.2. The van der Waals surface area contributed by atoms with Gasteiger partial charge in [-0.15, -0.1) is 0 Å². The molecule has 2 nitrogen and oxygen atoms in total. The van der Waals surface area contributed by atoms with Crippen LogP contribution in [0.2, 0.25) is 5.02 Å². The lowest BCUT2D eigenvalue weighted by Crippen LogP contribution is -2.05. The number of pyridine rings is 1. The summed E-state index contributed by atoms with van der Waals surface area (Å²) >= 11 is 5.60. The van der Waals surface area contributed by atoms with E-state index in [1.54, 1.807) is 18.3 Å². The Morgan fingerprint density at radius 2 is 2.12 bits per heavy atom. The van der Waals surface area contributed by atoms with Crippen LogP contribution in [0.25, 0.3) is 0 Å². The van der Waals surface area contributed by atoms with Gasteiger partial charge in [-0.2, -0.15) is 0 Å². The van der Waals surface area contributed by atoms with E-state index in [0.717, 1.165) is 17.8 Å². The highest BCUT2D eigenvalue weighted by Gasteiger charge is 2.00. The third-order valence-corrected chi connectivity index (χ3v) is 2.66. The van der Waals surface area contributed by atoms with Gasteiger partial charge in [-0.1, -0.05) is 17.7 Å². The molecule has 17 heavy (non-hydrogen) atoms. The number of anilines is 1. The van der Waals surface area contributed by atoms with E-state index < -0.39 is 5.82 Å². The minimum Gasteiger partial charge on any atom is -0.385 e. The van der Waals surface area contributed by atoms with Gasteiger partial charge >= 0.3 is 0 Å². The molecular formula is C13H12ClFN2. The maximum absolute atomic E-state index is 13.1. The lowest BCUT2D eigenvalue weighted by Gasteiger charge is -2.06. The molecule has 4 heteroatoms. The molecule has 0 radical (unpaired) electrons. The Labute approximate surface area is 104 Å². The van der Waals surface area contributed by atoms with Crippen molar-refractivity contribution >= 4 is 17.3 Å². The Kier molecular flexibility index (Phi) is 3.94. The second-order valence-corrected chi connectivity index (χ2v) is 4.03. The predicted molar refractivity (Wildman–Crippen MR) is 67.8 cm³/mol. The van der Waals surface area contributed by atoms with Gasteiger partial charge in [0.2, 0.25) is 0 Å². The fourth-order valence-electron chi connectivity index (χ4n) is 1.49. The Morgan fingerprint density at radius 3 is 2.82 bits per heavy atom. The lowest BCUT2D eigenvalue weighted by molar-refractivity contribution is 0.628. The van der Waals surface area contributed by atoms with Gasteiger partial charge in [0.25, 0.3) is 0 Å². The molecule has 1 heterocycles. The summed E-state index contributed by atoms with van der Waals surface area (Å²) < 4.78 is 13.1. The molecule has 88 valence electrons. The van der Waals surface area contributed by atoms with Crippen molar-refractivity contribution < 1.29 is 4.39 Å². The van der Waals surface area contributed by atoms with Crippen LogP contribution in [-0.2, 0) is 6.42 Å². The molecule has 0 saturated carbocycles. The van der Waals surface area contributed by atoms with E-state index >= 15 is 0 Å². The van der Waals surface area contributed by atoms with Gasteiger partial charge in [0.15, 0.2) is 0 Å². The van der Waals surface area contributed by atoms with Gasteiger partial charge in [-0.25, -0.2) is 4.39 Å². The molecule has 0 atom stereocenters. The zero-order valence-corrected chi connectivity index (χ0v) is 9.91. The van der Waals surface area contributed by atoms with Crippen LogP contribution in [0.15, 0.2) is 42.6 Å². The van der Waals surface area contributed by atoms with Crippen LogP contribution in [-0.4, -0.2) is 11.5 Å². The third-order valence-electron chi connectivity index (χ3n) is 2.36. The van der Waals surface area contributed by atoms with Gasteiger partial charge in [0.1, 0.15) is 5.82 Å². The lowest BCUT2D eigenvalue weighted by atomic mass is 10.2. The molecule has 0 saturated heterocycles. The molecule has 0 aliphatic heterocycles. The monoisotopic (exact) mass is 250 g/mol. The van der Waals surface area contributed by atoms with Gasteiger partial charge < -0.3 is 5.32 Å². The van der Waals surface area contributed by atoms with Crippen molar-refractivity contribution in [3.8, 4) is 0 Å². The van der Waals surface area contributed by atoms with E-state index in [4.69, 9.17) is 11.6 Å². The number of rotatable bonds is 4. The summed E-state index contributed by atoms with van der Waals surface area (Å²) in [6.07, 6.45) is 2.56. The van der Waals surface area contributed by atoms with Gasteiger partial charge in [0.05, 0.1) is 5.02 Å². The quantitative estimate of drug-likeness (QED) is 0.898. The molecule has 0 aliphatic carbocycles. The van der Waals surface area contributed by atoms with Gasteiger partial charge in [-0.05, 0) is 30.3 Å². The molecule has 0 unspecified atom stereocenters. The Balaban J connectivity index is 1.88. The van der Waals surface area contributed by atoms with Crippen LogP contribution in [0.1, 0.15) is 5.69 Å². The summed E-state index contributed by atoms with van der Waals surface area (Å²) in [4.78, 5) is 4.21. The van der Waals surface area contributed by atoms with Crippen LogP contribution < -0.4 is 5.32 Å². The molecule has 0 bridgehead atoms. The second kappa shape index (κ2) is 5.64. The molecule has 0 amide bonds. The first-order chi connectivity index (χ1) is 8.25. The minimum absolute atomic E-state index is 0.139. The average molecular weight is 251 g/mol. The topological polar surface area (TPSA) is 24.9 Å². The van der Waals surface area contributed by atoms with Crippen LogP contribution in [0.5, 0.6) is 0 Å². The van der Waals surface area contributed by atoms with Crippen LogP contribution in [0.3, 0.4) is 0 Å². The second-order valence-electron chi connectivity index (χ2n) is 3.63. The first-order valence-corrected chi connectivity index (χ1v) is 5.72. The smallest absolute Gasteiger partial charge is 0.143 e. The van der Waals surface area contributed by atoms with E-state index in [9.17, 15) is 4.39 Å². The van der Waals surface area contributed by atoms with E-state index in [1.807, 2.05) is 18.2 Å². The highest BCUT2D eigenvalue weighted by molar-refractivity contribution is 6.30. The van der Waals surface area contributed by atoms with Crippen molar-refractivity contribution in [2.24, 2.45) is 0 Å². The maximum atomic E-state index is 13.1. The van der Waals surface area contributed by atoms with E-state index in [-0.39, 0.29) is 5.02 Å². The van der Waals surface area contributed by atoms with Crippen molar-refractivity contribution in [3.05, 3.63) is 59.1 Å². The largest absolute Gasteiger partial charge is 0.385 e. The molecule has 1 N–H and O–H groups in total. The maximum Gasteiger partial charge on any atom is 0.143 e. The van der Waals surface area contributed by atoms with Crippen molar-refractivity contribution in [2.45, 2.75) is 6.42 Å². The summed E-state index contributed by atoms with van der Waals surface area (Å²) in [5.41, 5.74) is 1.73. The summed E-state index contributed by atoms with van der Waals surface area (Å²) in [6.45, 7) is 0.706. The van der Waals surface area contributed by atoms with Gasteiger partial charge in [-0.3, -0.25) is 4.98 Å². The molecule has 0 aliphatic rings. The zero-order chi connectivity index (χ0) is 12.1. The van der Waals surface area contributed by atoms with Crippen LogP contribution in [0.4, 0.5) is 10.1 Å². The number of nitrogens with one attached hydrogen (secondary N) is 1. The first kappa shape index (κ1) is 11.9. The fourth-order valence-corrected chi connectivity index (χ4v) is 1.60. The molecule has 1 aromatic carbocycles. The molecule has 0 spiro atoms. The molecule has 0 fully saturated rings. The van der Waals surface area contributed by atoms with E-state index in [0.29, 0.717) is 6.54 Å². The summed E-state index contributed by atoms with van der Waals surface area (Å²) in [6, 6.07) is 10.5. The number of aromatic nitrogens is 1.